The van der Waals surface area contributed by atoms with Crippen LogP contribution in [0.5, 0.6) is 11.5 Å². The molecule has 9 nitrogen and oxygen atoms in total. The lowest BCUT2D eigenvalue weighted by Gasteiger charge is -2.31. The van der Waals surface area contributed by atoms with Gasteiger partial charge in [-0.15, -0.1) is 0 Å². The number of ketones is 1. The Hall–Kier alpha value is -3.62. The first-order chi connectivity index (χ1) is 16.8. The zero-order valence-electron chi connectivity index (χ0n) is 20.4. The Kier molecular flexibility index (Phi) is 9.05. The molecule has 35 heavy (non-hydrogen) atoms. The summed E-state index contributed by atoms with van der Waals surface area (Å²) in [5, 5.41) is 2.70. The van der Waals surface area contributed by atoms with Gasteiger partial charge in [-0.3, -0.25) is 19.2 Å². The number of esters is 1. The molecule has 1 aromatic carbocycles. The molecule has 3 rings (SSSR count). The van der Waals surface area contributed by atoms with E-state index in [4.69, 9.17) is 14.2 Å². The van der Waals surface area contributed by atoms with E-state index < -0.39 is 5.97 Å². The highest BCUT2D eigenvalue weighted by Gasteiger charge is 2.29. The van der Waals surface area contributed by atoms with Crippen LogP contribution in [0.2, 0.25) is 0 Å². The highest BCUT2D eigenvalue weighted by molar-refractivity contribution is 5.98. The third-order valence-corrected chi connectivity index (χ3v) is 6.33. The van der Waals surface area contributed by atoms with E-state index in [0.717, 1.165) is 6.42 Å². The quantitative estimate of drug-likeness (QED) is 0.422. The predicted octanol–water partition coefficient (Wildman–Crippen LogP) is 2.55. The van der Waals surface area contributed by atoms with Crippen LogP contribution in [-0.4, -0.2) is 68.9 Å². The summed E-state index contributed by atoms with van der Waals surface area (Å²) in [6.07, 6.45) is 7.32. The van der Waals surface area contributed by atoms with Crippen molar-refractivity contribution in [2.45, 2.75) is 26.2 Å². The number of likely N-dealkylation sites (tertiary alicyclic amines) is 1. The van der Waals surface area contributed by atoms with Crippen LogP contribution in [-0.2, 0) is 19.1 Å². The van der Waals surface area contributed by atoms with E-state index in [1.54, 1.807) is 29.2 Å². The molecule has 1 atom stereocenters. The van der Waals surface area contributed by atoms with Gasteiger partial charge in [0.05, 0.1) is 26.7 Å². The van der Waals surface area contributed by atoms with E-state index in [-0.39, 0.29) is 44.0 Å². The van der Waals surface area contributed by atoms with Crippen LogP contribution in [0.25, 0.3) is 0 Å². The Morgan fingerprint density at radius 1 is 1.09 bits per heavy atom. The lowest BCUT2D eigenvalue weighted by Crippen LogP contribution is -2.45. The zero-order chi connectivity index (χ0) is 25.4. The first-order valence-corrected chi connectivity index (χ1v) is 11.7. The summed E-state index contributed by atoms with van der Waals surface area (Å²) in [6.45, 7) is 2.30. The second-order valence-electron chi connectivity index (χ2n) is 8.63. The number of hydrogen-bond donors (Lipinski definition) is 1. The molecule has 1 aliphatic heterocycles. The Morgan fingerprint density at radius 2 is 1.80 bits per heavy atom. The molecule has 1 aliphatic carbocycles. The lowest BCUT2D eigenvalue weighted by atomic mass is 9.93. The van der Waals surface area contributed by atoms with Crippen LogP contribution in [0.1, 0.15) is 38.0 Å². The maximum absolute atomic E-state index is 12.5. The van der Waals surface area contributed by atoms with Gasteiger partial charge in [-0.25, -0.2) is 0 Å². The number of carbonyl (C=O) groups excluding carboxylic acids is 4. The van der Waals surface area contributed by atoms with E-state index in [0.29, 0.717) is 48.6 Å². The van der Waals surface area contributed by atoms with Gasteiger partial charge in [-0.05, 0) is 43.4 Å². The number of ether oxygens (including phenoxy) is 3. The molecule has 9 heteroatoms. The van der Waals surface area contributed by atoms with Crippen molar-refractivity contribution < 1.29 is 34.8 Å². The number of amides is 2. The minimum absolute atomic E-state index is 0. The number of carbonyl (C=O) groups is 4. The second-order valence-corrected chi connectivity index (χ2v) is 8.63. The standard InChI is InChI=1S/C26H32N2O7.H2/c1-17-6-4-5-7-20(17)25(31)27-15-24(30)28-12-10-18(11-13-28)26(32)35-16-21(29)19-8-9-22(33-2)23(14-19)34-3;/h4-5,7-9,14,17-18H,6,10-13,15-16H2,1-3H3,(H,27,31);1H. The van der Waals surface area contributed by atoms with Crippen LogP contribution < -0.4 is 14.8 Å². The highest BCUT2D eigenvalue weighted by Crippen LogP contribution is 2.28. The maximum Gasteiger partial charge on any atom is 0.309 e. The molecule has 1 aromatic rings. The van der Waals surface area contributed by atoms with Crippen molar-refractivity contribution in [2.24, 2.45) is 11.8 Å². The number of allylic oxidation sites excluding steroid dienone is 3. The van der Waals surface area contributed by atoms with Crippen molar-refractivity contribution >= 4 is 23.6 Å². The van der Waals surface area contributed by atoms with E-state index in [9.17, 15) is 19.2 Å². The molecular weight excluding hydrogens is 452 g/mol. The predicted molar refractivity (Wildman–Crippen MR) is 130 cm³/mol. The van der Waals surface area contributed by atoms with Gasteiger partial charge in [-0.2, -0.15) is 0 Å². The minimum atomic E-state index is -0.453. The van der Waals surface area contributed by atoms with Crippen LogP contribution in [0.4, 0.5) is 0 Å². The zero-order valence-corrected chi connectivity index (χ0v) is 20.4. The molecule has 0 bridgehead atoms. The maximum atomic E-state index is 12.5. The van der Waals surface area contributed by atoms with E-state index >= 15 is 0 Å². The van der Waals surface area contributed by atoms with Crippen molar-refractivity contribution in [3.63, 3.8) is 0 Å². The summed E-state index contributed by atoms with van der Waals surface area (Å²) < 4.78 is 15.6. The Labute approximate surface area is 206 Å². The van der Waals surface area contributed by atoms with Crippen molar-refractivity contribution in [3.8, 4) is 11.5 Å². The molecular formula is C26H34N2O7. The molecule has 0 spiro atoms. The van der Waals surface area contributed by atoms with E-state index in [2.05, 4.69) is 5.32 Å². The SMILES string of the molecule is COc1ccc(C(=O)COC(=O)C2CCN(C(=O)CNC(=O)C3=CC=CCC3C)CC2)cc1OC.[HH]. The first-order valence-electron chi connectivity index (χ1n) is 11.7. The summed E-state index contributed by atoms with van der Waals surface area (Å²) in [5.41, 5.74) is 1.02. The van der Waals surface area contributed by atoms with Gasteiger partial charge >= 0.3 is 5.97 Å². The number of piperidine rings is 1. The van der Waals surface area contributed by atoms with Gasteiger partial charge in [-0.1, -0.05) is 25.2 Å². The van der Waals surface area contributed by atoms with Gasteiger partial charge in [0.15, 0.2) is 23.9 Å². The number of nitrogens with zero attached hydrogens (tertiary/aromatic N) is 1. The summed E-state index contributed by atoms with van der Waals surface area (Å²) in [7, 11) is 2.98. The van der Waals surface area contributed by atoms with E-state index in [1.165, 1.54) is 14.2 Å². The molecule has 1 fully saturated rings. The average Bonchev–Trinajstić information content (AvgIpc) is 2.89. The molecule has 1 unspecified atom stereocenters. The van der Waals surface area contributed by atoms with Crippen molar-refractivity contribution in [1.29, 1.82) is 0 Å². The lowest BCUT2D eigenvalue weighted by molar-refractivity contribution is -0.150. The minimum Gasteiger partial charge on any atom is -0.493 e. The second kappa shape index (κ2) is 12.2. The summed E-state index contributed by atoms with van der Waals surface area (Å²) in [5.74, 6) is -0.561. The molecule has 0 aromatic heterocycles. The van der Waals surface area contributed by atoms with E-state index in [1.807, 2.05) is 19.1 Å². The summed E-state index contributed by atoms with van der Waals surface area (Å²) in [4.78, 5) is 51.4. The van der Waals surface area contributed by atoms with Crippen LogP contribution >= 0.6 is 0 Å². The molecule has 2 amide bonds. The average molecular weight is 487 g/mol. The van der Waals surface area contributed by atoms with Crippen LogP contribution in [0, 0.1) is 11.8 Å². The summed E-state index contributed by atoms with van der Waals surface area (Å²) in [6, 6.07) is 4.75. The molecule has 2 aliphatic rings. The molecule has 0 saturated carbocycles. The fraction of sp³-hybridized carbons (Fsp3) is 0.462. The largest absolute Gasteiger partial charge is 0.493 e. The Morgan fingerprint density at radius 3 is 2.46 bits per heavy atom. The topological polar surface area (TPSA) is 111 Å². The Balaban J connectivity index is 0.00000456. The fourth-order valence-corrected chi connectivity index (χ4v) is 4.13. The third-order valence-electron chi connectivity index (χ3n) is 6.33. The van der Waals surface area contributed by atoms with Crippen LogP contribution in [0.15, 0.2) is 42.0 Å². The fourth-order valence-electron chi connectivity index (χ4n) is 4.13. The van der Waals surface area contributed by atoms with Crippen LogP contribution in [0.3, 0.4) is 0 Å². The Bertz CT molecular complexity index is 1030. The van der Waals surface area contributed by atoms with Gasteiger partial charge in [0, 0.05) is 25.7 Å². The molecule has 1 heterocycles. The monoisotopic (exact) mass is 486 g/mol. The van der Waals surface area contributed by atoms with Crippen molar-refractivity contribution in [1.82, 2.24) is 10.2 Å². The number of hydrogen-bond acceptors (Lipinski definition) is 7. The van der Waals surface area contributed by atoms with Gasteiger partial charge < -0.3 is 24.4 Å². The van der Waals surface area contributed by atoms with Crippen molar-refractivity contribution in [3.05, 3.63) is 47.6 Å². The van der Waals surface area contributed by atoms with Gasteiger partial charge in [0.2, 0.25) is 11.8 Å². The first kappa shape index (κ1) is 26.0. The number of methoxy groups -OCH3 is 2. The number of Topliss-reactive ketones (excluding diaryl/α,β-unsaturated/α-hetero) is 1. The molecule has 190 valence electrons. The normalized spacial score (nSPS) is 17.9. The smallest absolute Gasteiger partial charge is 0.309 e. The molecule has 1 N–H and O–H groups in total. The van der Waals surface area contributed by atoms with Gasteiger partial charge in [0.1, 0.15) is 0 Å². The highest BCUT2D eigenvalue weighted by atomic mass is 16.5. The number of rotatable bonds is 9. The van der Waals surface area contributed by atoms with Crippen molar-refractivity contribution in [2.75, 3.05) is 40.5 Å². The van der Waals surface area contributed by atoms with Gasteiger partial charge in [0.25, 0.3) is 0 Å². The number of benzene rings is 1. The number of nitrogens with one attached hydrogen (secondary N) is 1. The molecule has 0 radical (unpaired) electrons. The molecule has 1 saturated heterocycles. The summed E-state index contributed by atoms with van der Waals surface area (Å²) >= 11 is 0. The third kappa shape index (κ3) is 6.71.